The summed E-state index contributed by atoms with van der Waals surface area (Å²) in [6.07, 6.45) is 1.65. The molecule has 0 spiro atoms. The summed E-state index contributed by atoms with van der Waals surface area (Å²) >= 11 is 0. The first-order chi connectivity index (χ1) is 9.90. The number of nitrogens with two attached hydrogens (primary N) is 1. The number of hydrogen-bond donors (Lipinski definition) is 4. The predicted octanol–water partition coefficient (Wildman–Crippen LogP) is -1.37. The zero-order valence-corrected chi connectivity index (χ0v) is 11.6. The Bertz CT molecular complexity index is 420. The highest BCUT2D eigenvalue weighted by Crippen LogP contribution is 2.08. The van der Waals surface area contributed by atoms with E-state index in [4.69, 9.17) is 10.8 Å². The molecular formula is C12H20N4O5. The second-order valence-corrected chi connectivity index (χ2v) is 4.80. The van der Waals surface area contributed by atoms with Crippen LogP contribution in [-0.4, -0.2) is 59.5 Å². The standard InChI is InChI=1S/C12H20N4O5/c13-9(17)7-8(11(19)20)15-12(21)14-4-3-10(18)16-5-1-2-6-16/h8H,1-7H2,(H2,13,17)(H,19,20)(H2,14,15,21)/t8-/m1/s1. The molecule has 1 atom stereocenters. The molecule has 1 fully saturated rings. The minimum Gasteiger partial charge on any atom is -0.480 e. The lowest BCUT2D eigenvalue weighted by Crippen LogP contribution is -2.48. The van der Waals surface area contributed by atoms with E-state index in [1.165, 1.54) is 0 Å². The summed E-state index contributed by atoms with van der Waals surface area (Å²) in [6.45, 7) is 1.58. The van der Waals surface area contributed by atoms with E-state index in [2.05, 4.69) is 10.6 Å². The number of carboxylic acids is 1. The Balaban J connectivity index is 2.27. The van der Waals surface area contributed by atoms with E-state index >= 15 is 0 Å². The largest absolute Gasteiger partial charge is 0.480 e. The van der Waals surface area contributed by atoms with Gasteiger partial charge < -0.3 is 26.4 Å². The van der Waals surface area contributed by atoms with E-state index in [1.807, 2.05) is 0 Å². The average Bonchev–Trinajstić information content (AvgIpc) is 2.91. The van der Waals surface area contributed by atoms with Gasteiger partial charge in [-0.25, -0.2) is 9.59 Å². The fourth-order valence-electron chi connectivity index (χ4n) is 2.02. The van der Waals surface area contributed by atoms with Crippen molar-refractivity contribution in [3.8, 4) is 0 Å². The van der Waals surface area contributed by atoms with Crippen molar-refractivity contribution in [3.05, 3.63) is 0 Å². The van der Waals surface area contributed by atoms with Crippen molar-refractivity contribution in [3.63, 3.8) is 0 Å². The number of aliphatic carboxylic acids is 1. The van der Waals surface area contributed by atoms with Crippen LogP contribution >= 0.6 is 0 Å². The Morgan fingerprint density at radius 1 is 1.19 bits per heavy atom. The summed E-state index contributed by atoms with van der Waals surface area (Å²) in [7, 11) is 0. The molecule has 0 aromatic heterocycles. The number of rotatable bonds is 7. The number of carboxylic acid groups (broad SMARTS) is 1. The highest BCUT2D eigenvalue weighted by atomic mass is 16.4. The van der Waals surface area contributed by atoms with Crippen LogP contribution < -0.4 is 16.4 Å². The van der Waals surface area contributed by atoms with Gasteiger partial charge in [-0.2, -0.15) is 0 Å². The monoisotopic (exact) mass is 300 g/mol. The quantitative estimate of drug-likeness (QED) is 0.459. The number of amides is 4. The number of primary amides is 1. The normalized spacial score (nSPS) is 15.3. The highest BCUT2D eigenvalue weighted by Gasteiger charge is 2.22. The molecule has 9 heteroatoms. The summed E-state index contributed by atoms with van der Waals surface area (Å²) in [4.78, 5) is 46.4. The number of carbonyl (C=O) groups is 4. The van der Waals surface area contributed by atoms with Gasteiger partial charge in [0.1, 0.15) is 6.04 Å². The maximum Gasteiger partial charge on any atom is 0.326 e. The number of nitrogens with one attached hydrogen (secondary N) is 2. The lowest BCUT2D eigenvalue weighted by Gasteiger charge is -2.16. The molecule has 0 saturated carbocycles. The lowest BCUT2D eigenvalue weighted by atomic mass is 10.2. The fraction of sp³-hybridized carbons (Fsp3) is 0.667. The topological polar surface area (TPSA) is 142 Å². The Morgan fingerprint density at radius 2 is 1.81 bits per heavy atom. The van der Waals surface area contributed by atoms with E-state index in [1.54, 1.807) is 4.90 Å². The van der Waals surface area contributed by atoms with Crippen molar-refractivity contribution in [2.75, 3.05) is 19.6 Å². The van der Waals surface area contributed by atoms with Crippen LogP contribution in [0.25, 0.3) is 0 Å². The van der Waals surface area contributed by atoms with Gasteiger partial charge in [-0.1, -0.05) is 0 Å². The zero-order valence-electron chi connectivity index (χ0n) is 11.6. The van der Waals surface area contributed by atoms with Crippen LogP contribution in [0.2, 0.25) is 0 Å². The van der Waals surface area contributed by atoms with E-state index in [0.717, 1.165) is 25.9 Å². The summed E-state index contributed by atoms with van der Waals surface area (Å²) in [5.74, 6) is -2.22. The maximum absolute atomic E-state index is 11.7. The van der Waals surface area contributed by atoms with E-state index in [-0.39, 0.29) is 18.9 Å². The first-order valence-electron chi connectivity index (χ1n) is 6.73. The van der Waals surface area contributed by atoms with Gasteiger partial charge >= 0.3 is 12.0 Å². The van der Waals surface area contributed by atoms with Crippen LogP contribution in [0.15, 0.2) is 0 Å². The molecule has 0 aromatic rings. The Labute approximate surface area is 121 Å². The molecular weight excluding hydrogens is 280 g/mol. The van der Waals surface area contributed by atoms with E-state index in [9.17, 15) is 19.2 Å². The molecule has 1 heterocycles. The molecule has 1 rings (SSSR count). The highest BCUT2D eigenvalue weighted by molar-refractivity contribution is 5.87. The Morgan fingerprint density at radius 3 is 2.33 bits per heavy atom. The van der Waals surface area contributed by atoms with Crippen molar-refractivity contribution in [1.82, 2.24) is 15.5 Å². The minimum absolute atomic E-state index is 0.0419. The Kier molecular flexibility index (Phi) is 6.44. The molecule has 1 aliphatic rings. The molecule has 5 N–H and O–H groups in total. The third kappa shape index (κ3) is 6.11. The Hall–Kier alpha value is -2.32. The third-order valence-electron chi connectivity index (χ3n) is 3.09. The molecule has 9 nitrogen and oxygen atoms in total. The van der Waals surface area contributed by atoms with Gasteiger partial charge in [0.15, 0.2) is 0 Å². The molecule has 21 heavy (non-hydrogen) atoms. The third-order valence-corrected chi connectivity index (χ3v) is 3.09. The van der Waals surface area contributed by atoms with Crippen LogP contribution in [-0.2, 0) is 14.4 Å². The van der Waals surface area contributed by atoms with Crippen LogP contribution in [0.1, 0.15) is 25.7 Å². The second-order valence-electron chi connectivity index (χ2n) is 4.80. The van der Waals surface area contributed by atoms with Gasteiger partial charge in [-0.15, -0.1) is 0 Å². The van der Waals surface area contributed by atoms with Crippen LogP contribution in [0.4, 0.5) is 4.79 Å². The first kappa shape index (κ1) is 16.7. The van der Waals surface area contributed by atoms with Crippen LogP contribution in [0.5, 0.6) is 0 Å². The molecule has 0 bridgehead atoms. The smallest absolute Gasteiger partial charge is 0.326 e. The number of urea groups is 1. The molecule has 1 saturated heterocycles. The van der Waals surface area contributed by atoms with Gasteiger partial charge in [0.05, 0.1) is 6.42 Å². The van der Waals surface area contributed by atoms with Crippen molar-refractivity contribution in [2.45, 2.75) is 31.7 Å². The summed E-state index contributed by atoms with van der Waals surface area (Å²) in [5, 5.41) is 13.3. The van der Waals surface area contributed by atoms with Crippen molar-refractivity contribution in [1.29, 1.82) is 0 Å². The van der Waals surface area contributed by atoms with E-state index < -0.39 is 30.4 Å². The zero-order chi connectivity index (χ0) is 15.8. The lowest BCUT2D eigenvalue weighted by molar-refractivity contribution is -0.140. The van der Waals surface area contributed by atoms with Crippen molar-refractivity contribution in [2.24, 2.45) is 5.73 Å². The predicted molar refractivity (Wildman–Crippen MR) is 72.2 cm³/mol. The summed E-state index contributed by atoms with van der Waals surface area (Å²) in [6, 6.07) is -2.13. The van der Waals surface area contributed by atoms with Crippen molar-refractivity contribution < 1.29 is 24.3 Å². The molecule has 118 valence electrons. The summed E-state index contributed by atoms with van der Waals surface area (Å²) < 4.78 is 0. The average molecular weight is 300 g/mol. The number of likely N-dealkylation sites (tertiary alicyclic amines) is 1. The van der Waals surface area contributed by atoms with Crippen LogP contribution in [0.3, 0.4) is 0 Å². The van der Waals surface area contributed by atoms with E-state index in [0.29, 0.717) is 0 Å². The number of carbonyl (C=O) groups excluding carboxylic acids is 3. The van der Waals surface area contributed by atoms with Gasteiger partial charge in [0.2, 0.25) is 11.8 Å². The number of hydrogen-bond acceptors (Lipinski definition) is 4. The molecule has 0 aliphatic carbocycles. The fourth-order valence-corrected chi connectivity index (χ4v) is 2.02. The SMILES string of the molecule is NC(=O)C[C@@H](NC(=O)NCCC(=O)N1CCCC1)C(=O)O. The molecule has 0 aromatic carbocycles. The molecule has 0 unspecified atom stereocenters. The van der Waals surface area contributed by atoms with Gasteiger partial charge in [0.25, 0.3) is 0 Å². The van der Waals surface area contributed by atoms with Gasteiger partial charge in [-0.3, -0.25) is 9.59 Å². The van der Waals surface area contributed by atoms with Crippen molar-refractivity contribution >= 4 is 23.8 Å². The number of nitrogens with zero attached hydrogens (tertiary/aromatic N) is 1. The molecule has 0 radical (unpaired) electrons. The second kappa shape index (κ2) is 8.08. The summed E-state index contributed by atoms with van der Waals surface area (Å²) in [5.41, 5.74) is 4.89. The minimum atomic E-state index is -1.38. The van der Waals surface area contributed by atoms with Gasteiger partial charge in [0, 0.05) is 26.1 Å². The maximum atomic E-state index is 11.7. The molecule has 1 aliphatic heterocycles. The van der Waals surface area contributed by atoms with Crippen LogP contribution in [0, 0.1) is 0 Å². The molecule has 4 amide bonds. The first-order valence-corrected chi connectivity index (χ1v) is 6.73. The van der Waals surface area contributed by atoms with Gasteiger partial charge in [-0.05, 0) is 12.8 Å².